The van der Waals surface area contributed by atoms with Crippen molar-refractivity contribution >= 4 is 23.1 Å². The molecule has 0 spiro atoms. The van der Waals surface area contributed by atoms with Gasteiger partial charge in [-0.1, -0.05) is 18.2 Å². The van der Waals surface area contributed by atoms with Crippen LogP contribution in [0.1, 0.15) is 19.5 Å². The number of pyridine rings is 1. The van der Waals surface area contributed by atoms with E-state index >= 15 is 0 Å². The van der Waals surface area contributed by atoms with Gasteiger partial charge in [0.1, 0.15) is 17.1 Å². The number of hydrogen-bond acceptors (Lipinski definition) is 6. The largest absolute Gasteiger partial charge is 0.489 e. The Balaban J connectivity index is 2.01. The van der Waals surface area contributed by atoms with E-state index in [0.29, 0.717) is 28.6 Å². The lowest BCUT2D eigenvalue weighted by Crippen LogP contribution is -2.05. The Kier molecular flexibility index (Phi) is 5.26. The van der Waals surface area contributed by atoms with Gasteiger partial charge in [-0.15, -0.1) is 10.2 Å². The summed E-state index contributed by atoms with van der Waals surface area (Å²) in [4.78, 5) is 16.2. The first-order valence-electron chi connectivity index (χ1n) is 8.28. The van der Waals surface area contributed by atoms with E-state index in [1.165, 1.54) is 7.11 Å². The molecule has 0 radical (unpaired) electrons. The smallest absolute Gasteiger partial charge is 0.311 e. The van der Waals surface area contributed by atoms with E-state index in [9.17, 15) is 4.79 Å². The number of para-hydroxylation sites is 1. The summed E-state index contributed by atoms with van der Waals surface area (Å²) in [6, 6.07) is 13.0. The summed E-state index contributed by atoms with van der Waals surface area (Å²) in [7, 11) is 1.35. The quantitative estimate of drug-likeness (QED) is 0.491. The molecule has 3 rings (SSSR count). The molecular formula is C19H20N4O3. The van der Waals surface area contributed by atoms with Crippen molar-refractivity contribution in [3.05, 3.63) is 54.4 Å². The number of nitrogens with zero attached hydrogens (tertiary/aromatic N) is 4. The Bertz CT molecular complexity index is 947. The number of hydrogen-bond donors (Lipinski definition) is 0. The van der Waals surface area contributed by atoms with Crippen LogP contribution in [0.25, 0.3) is 5.65 Å². The van der Waals surface area contributed by atoms with E-state index < -0.39 is 0 Å². The minimum atomic E-state index is -0.381. The van der Waals surface area contributed by atoms with Gasteiger partial charge in [-0.25, -0.2) is 4.98 Å². The number of imidazole rings is 1. The molecule has 0 atom stereocenters. The van der Waals surface area contributed by atoms with Crippen LogP contribution in [0.15, 0.2) is 58.9 Å². The standard InChI is InChI=1S/C19H20N4O3/c1-13(2)26-16-9-5-4-8-14(16)21-22-19-15(12-18(24)25-3)20-17-10-6-7-11-23(17)19/h4-11,13H,12H2,1-3H3. The zero-order valence-corrected chi connectivity index (χ0v) is 14.9. The fourth-order valence-corrected chi connectivity index (χ4v) is 2.46. The summed E-state index contributed by atoms with van der Waals surface area (Å²) in [5.74, 6) is 0.758. The number of aromatic nitrogens is 2. The van der Waals surface area contributed by atoms with Gasteiger partial charge in [0.2, 0.25) is 0 Å². The highest BCUT2D eigenvalue weighted by Crippen LogP contribution is 2.31. The van der Waals surface area contributed by atoms with Gasteiger partial charge in [0.15, 0.2) is 5.82 Å². The summed E-state index contributed by atoms with van der Waals surface area (Å²) in [5.41, 5.74) is 1.80. The predicted octanol–water partition coefficient (Wildman–Crippen LogP) is 4.25. The minimum absolute atomic E-state index is 0.0245. The molecule has 0 aliphatic rings. The second kappa shape index (κ2) is 7.77. The van der Waals surface area contributed by atoms with Gasteiger partial charge in [-0.3, -0.25) is 9.20 Å². The Morgan fingerprint density at radius 3 is 2.69 bits per heavy atom. The number of ether oxygens (including phenoxy) is 2. The van der Waals surface area contributed by atoms with E-state index in [4.69, 9.17) is 9.47 Å². The molecule has 0 amide bonds. The lowest BCUT2D eigenvalue weighted by atomic mass is 10.3. The highest BCUT2D eigenvalue weighted by atomic mass is 16.5. The molecular weight excluding hydrogens is 332 g/mol. The maximum Gasteiger partial charge on any atom is 0.311 e. The van der Waals surface area contributed by atoms with Crippen molar-refractivity contribution in [1.82, 2.24) is 9.38 Å². The fourth-order valence-electron chi connectivity index (χ4n) is 2.46. The molecule has 0 bridgehead atoms. The summed E-state index contributed by atoms with van der Waals surface area (Å²) in [6.07, 6.45) is 1.88. The van der Waals surface area contributed by atoms with Crippen LogP contribution in [-0.4, -0.2) is 28.6 Å². The molecule has 0 saturated carbocycles. The molecule has 134 valence electrons. The monoisotopic (exact) mass is 352 g/mol. The first kappa shape index (κ1) is 17.6. The van der Waals surface area contributed by atoms with Crippen molar-refractivity contribution in [2.24, 2.45) is 10.2 Å². The van der Waals surface area contributed by atoms with Crippen LogP contribution in [0.2, 0.25) is 0 Å². The topological polar surface area (TPSA) is 77.5 Å². The Morgan fingerprint density at radius 1 is 1.15 bits per heavy atom. The minimum Gasteiger partial charge on any atom is -0.489 e. The van der Waals surface area contributed by atoms with Gasteiger partial charge < -0.3 is 9.47 Å². The van der Waals surface area contributed by atoms with Gasteiger partial charge in [0.05, 0.1) is 25.3 Å². The highest BCUT2D eigenvalue weighted by Gasteiger charge is 2.16. The first-order valence-corrected chi connectivity index (χ1v) is 8.28. The molecule has 0 unspecified atom stereocenters. The molecule has 0 fully saturated rings. The number of methoxy groups -OCH3 is 1. The molecule has 0 N–H and O–H groups in total. The van der Waals surface area contributed by atoms with Crippen molar-refractivity contribution in [3.63, 3.8) is 0 Å². The third-order valence-corrected chi connectivity index (χ3v) is 3.59. The van der Waals surface area contributed by atoms with Crippen molar-refractivity contribution < 1.29 is 14.3 Å². The zero-order chi connectivity index (χ0) is 18.5. The number of fused-ring (bicyclic) bond motifs is 1. The van der Waals surface area contributed by atoms with Crippen LogP contribution in [0.5, 0.6) is 5.75 Å². The van der Waals surface area contributed by atoms with Crippen molar-refractivity contribution in [2.45, 2.75) is 26.4 Å². The van der Waals surface area contributed by atoms with Crippen LogP contribution >= 0.6 is 0 Å². The summed E-state index contributed by atoms with van der Waals surface area (Å²) in [5, 5.41) is 8.69. The van der Waals surface area contributed by atoms with Gasteiger partial charge in [0, 0.05) is 6.20 Å². The zero-order valence-electron chi connectivity index (χ0n) is 14.9. The third-order valence-electron chi connectivity index (χ3n) is 3.59. The molecule has 7 heteroatoms. The summed E-state index contributed by atoms with van der Waals surface area (Å²) in [6.45, 7) is 3.90. The Hall–Kier alpha value is -3.22. The molecule has 1 aromatic carbocycles. The maximum absolute atomic E-state index is 11.7. The Morgan fingerprint density at radius 2 is 1.92 bits per heavy atom. The van der Waals surface area contributed by atoms with Crippen LogP contribution < -0.4 is 4.74 Å². The third kappa shape index (κ3) is 3.88. The van der Waals surface area contributed by atoms with Gasteiger partial charge in [-0.05, 0) is 38.1 Å². The molecule has 2 aromatic heterocycles. The van der Waals surface area contributed by atoms with E-state index in [-0.39, 0.29) is 18.5 Å². The molecule has 26 heavy (non-hydrogen) atoms. The van der Waals surface area contributed by atoms with E-state index in [1.54, 1.807) is 4.40 Å². The lowest BCUT2D eigenvalue weighted by Gasteiger charge is -2.10. The predicted molar refractivity (Wildman–Crippen MR) is 97.3 cm³/mol. The lowest BCUT2D eigenvalue weighted by molar-refractivity contribution is -0.139. The number of esters is 1. The number of azo groups is 1. The first-order chi connectivity index (χ1) is 12.6. The average molecular weight is 352 g/mol. The van der Waals surface area contributed by atoms with E-state index in [2.05, 4.69) is 15.2 Å². The van der Waals surface area contributed by atoms with Crippen LogP contribution in [0.4, 0.5) is 11.5 Å². The van der Waals surface area contributed by atoms with Gasteiger partial charge in [0.25, 0.3) is 0 Å². The average Bonchev–Trinajstić information content (AvgIpc) is 2.97. The number of benzene rings is 1. The molecule has 7 nitrogen and oxygen atoms in total. The van der Waals surface area contributed by atoms with Gasteiger partial charge in [-0.2, -0.15) is 0 Å². The summed E-state index contributed by atoms with van der Waals surface area (Å²) >= 11 is 0. The fraction of sp³-hybridized carbons (Fsp3) is 0.263. The second-order valence-electron chi connectivity index (χ2n) is 5.90. The van der Waals surface area contributed by atoms with Crippen molar-refractivity contribution in [3.8, 4) is 5.75 Å². The highest BCUT2D eigenvalue weighted by molar-refractivity contribution is 5.74. The SMILES string of the molecule is COC(=O)Cc1nc2ccccn2c1N=Nc1ccccc1OC(C)C. The molecule has 0 saturated heterocycles. The molecule has 0 aliphatic carbocycles. The molecule has 2 heterocycles. The van der Waals surface area contributed by atoms with Crippen LogP contribution in [0.3, 0.4) is 0 Å². The molecule has 0 aliphatic heterocycles. The van der Waals surface area contributed by atoms with Crippen LogP contribution in [-0.2, 0) is 16.0 Å². The number of carbonyl (C=O) groups excluding carboxylic acids is 1. The van der Waals surface area contributed by atoms with Crippen LogP contribution in [0, 0.1) is 0 Å². The van der Waals surface area contributed by atoms with Crippen molar-refractivity contribution in [1.29, 1.82) is 0 Å². The Labute approximate surface area is 151 Å². The summed E-state index contributed by atoms with van der Waals surface area (Å²) < 4.78 is 12.3. The van der Waals surface area contributed by atoms with E-state index in [0.717, 1.165) is 0 Å². The van der Waals surface area contributed by atoms with E-state index in [1.807, 2.05) is 62.5 Å². The second-order valence-corrected chi connectivity index (χ2v) is 5.90. The number of rotatable bonds is 6. The molecule has 3 aromatic rings. The normalized spacial score (nSPS) is 11.4. The number of carbonyl (C=O) groups is 1. The van der Waals surface area contributed by atoms with Gasteiger partial charge >= 0.3 is 5.97 Å². The van der Waals surface area contributed by atoms with Crippen molar-refractivity contribution in [2.75, 3.05) is 7.11 Å². The maximum atomic E-state index is 11.7.